The first kappa shape index (κ1) is 17.5. The lowest BCUT2D eigenvalue weighted by Gasteiger charge is -2.31. The van der Waals surface area contributed by atoms with Crippen LogP contribution in [0.15, 0.2) is 47.1 Å². The average Bonchev–Trinajstić information content (AvgIpc) is 3.16. The van der Waals surface area contributed by atoms with Gasteiger partial charge in [-0.05, 0) is 49.1 Å². The third kappa shape index (κ3) is 4.86. The molecule has 0 radical (unpaired) electrons. The largest absolute Gasteiger partial charge is 0.459 e. The third-order valence-corrected chi connectivity index (χ3v) is 4.69. The van der Waals surface area contributed by atoms with Gasteiger partial charge in [0.25, 0.3) is 5.91 Å². The number of furan rings is 1. The molecule has 0 aliphatic carbocycles. The number of hydrogen-bond donors (Lipinski definition) is 1. The van der Waals surface area contributed by atoms with Crippen molar-refractivity contribution in [2.75, 3.05) is 13.1 Å². The molecule has 1 aliphatic rings. The molecule has 132 valence electrons. The van der Waals surface area contributed by atoms with Crippen LogP contribution in [0.3, 0.4) is 0 Å². The van der Waals surface area contributed by atoms with Crippen molar-refractivity contribution in [1.29, 1.82) is 0 Å². The number of likely N-dealkylation sites (tertiary alicyclic amines) is 1. The van der Waals surface area contributed by atoms with Crippen molar-refractivity contribution < 1.29 is 14.0 Å². The van der Waals surface area contributed by atoms with Gasteiger partial charge < -0.3 is 14.6 Å². The van der Waals surface area contributed by atoms with Crippen LogP contribution in [0, 0.1) is 0 Å². The summed E-state index contributed by atoms with van der Waals surface area (Å²) in [6.07, 6.45) is 4.17. The molecule has 25 heavy (non-hydrogen) atoms. The van der Waals surface area contributed by atoms with Gasteiger partial charge in [-0.2, -0.15) is 0 Å². The van der Waals surface area contributed by atoms with Gasteiger partial charge in [-0.3, -0.25) is 9.59 Å². The van der Waals surface area contributed by atoms with E-state index in [0.29, 0.717) is 36.7 Å². The monoisotopic (exact) mass is 360 g/mol. The molecule has 0 unspecified atom stereocenters. The predicted octanol–water partition coefficient (Wildman–Crippen LogP) is 3.29. The number of hydrogen-bond acceptors (Lipinski definition) is 3. The number of piperidine rings is 1. The molecule has 0 atom stereocenters. The van der Waals surface area contributed by atoms with Crippen molar-refractivity contribution in [2.24, 2.45) is 0 Å². The molecule has 1 N–H and O–H groups in total. The van der Waals surface area contributed by atoms with Crippen LogP contribution in [-0.2, 0) is 11.2 Å². The summed E-state index contributed by atoms with van der Waals surface area (Å²) in [6, 6.07) is 11.1. The van der Waals surface area contributed by atoms with Gasteiger partial charge in [0.2, 0.25) is 5.91 Å². The van der Waals surface area contributed by atoms with Gasteiger partial charge in [0.15, 0.2) is 5.76 Å². The fourth-order valence-electron chi connectivity index (χ4n) is 2.99. The lowest BCUT2D eigenvalue weighted by atomic mass is 10.0. The number of carbonyl (C=O) groups is 2. The Morgan fingerprint density at radius 1 is 1.16 bits per heavy atom. The number of carbonyl (C=O) groups excluding carboxylic acids is 2. The van der Waals surface area contributed by atoms with Crippen molar-refractivity contribution in [2.45, 2.75) is 31.7 Å². The number of rotatable bonds is 5. The Balaban J connectivity index is 1.40. The molecular formula is C19H21ClN2O3. The Morgan fingerprint density at radius 2 is 1.88 bits per heavy atom. The van der Waals surface area contributed by atoms with E-state index < -0.39 is 0 Å². The summed E-state index contributed by atoms with van der Waals surface area (Å²) in [4.78, 5) is 26.1. The summed E-state index contributed by atoms with van der Waals surface area (Å²) in [5.74, 6) is 0.328. The molecule has 1 aromatic carbocycles. The SMILES string of the molecule is O=C(CCc1ccc(Cl)cc1)NC1CCN(C(=O)c2ccco2)CC1. The maximum absolute atomic E-state index is 12.2. The zero-order chi connectivity index (χ0) is 17.6. The number of nitrogens with zero attached hydrogens (tertiary/aromatic N) is 1. The first-order valence-corrected chi connectivity index (χ1v) is 8.86. The fraction of sp³-hybridized carbons (Fsp3) is 0.368. The Kier molecular flexibility index (Phi) is 5.76. The van der Waals surface area contributed by atoms with Crippen LogP contribution < -0.4 is 5.32 Å². The van der Waals surface area contributed by atoms with Gasteiger partial charge in [-0.1, -0.05) is 23.7 Å². The van der Waals surface area contributed by atoms with E-state index in [2.05, 4.69) is 5.32 Å². The second kappa shape index (κ2) is 8.21. The second-order valence-electron chi connectivity index (χ2n) is 6.24. The molecule has 0 spiro atoms. The van der Waals surface area contributed by atoms with Crippen LogP contribution in [0.25, 0.3) is 0 Å². The van der Waals surface area contributed by atoms with Gasteiger partial charge in [-0.25, -0.2) is 0 Å². The summed E-state index contributed by atoms with van der Waals surface area (Å²) in [7, 11) is 0. The molecule has 0 bridgehead atoms. The summed E-state index contributed by atoms with van der Waals surface area (Å²) in [5, 5.41) is 3.77. The van der Waals surface area contributed by atoms with Crippen LogP contribution in [0.1, 0.15) is 35.4 Å². The van der Waals surface area contributed by atoms with E-state index in [1.54, 1.807) is 17.0 Å². The zero-order valence-corrected chi connectivity index (χ0v) is 14.7. The topological polar surface area (TPSA) is 62.6 Å². The number of halogens is 1. The van der Waals surface area contributed by atoms with Gasteiger partial charge in [-0.15, -0.1) is 0 Å². The van der Waals surface area contributed by atoms with Crippen molar-refractivity contribution in [3.63, 3.8) is 0 Å². The molecule has 3 rings (SSSR count). The van der Waals surface area contributed by atoms with E-state index in [0.717, 1.165) is 18.4 Å². The Hall–Kier alpha value is -2.27. The first-order chi connectivity index (χ1) is 12.1. The number of amides is 2. The van der Waals surface area contributed by atoms with E-state index in [-0.39, 0.29) is 17.9 Å². The van der Waals surface area contributed by atoms with Crippen molar-refractivity contribution in [1.82, 2.24) is 10.2 Å². The van der Waals surface area contributed by atoms with E-state index in [1.807, 2.05) is 24.3 Å². The van der Waals surface area contributed by atoms with Crippen LogP contribution in [0.2, 0.25) is 5.02 Å². The van der Waals surface area contributed by atoms with Crippen LogP contribution in [0.5, 0.6) is 0 Å². The maximum Gasteiger partial charge on any atom is 0.289 e. The lowest BCUT2D eigenvalue weighted by Crippen LogP contribution is -2.46. The highest BCUT2D eigenvalue weighted by Crippen LogP contribution is 2.15. The fourth-order valence-corrected chi connectivity index (χ4v) is 3.12. The molecular weight excluding hydrogens is 340 g/mol. The van der Waals surface area contributed by atoms with Crippen LogP contribution >= 0.6 is 11.6 Å². The predicted molar refractivity (Wildman–Crippen MR) is 95.5 cm³/mol. The molecule has 1 saturated heterocycles. The van der Waals surface area contributed by atoms with Crippen LogP contribution in [0.4, 0.5) is 0 Å². The Bertz CT molecular complexity index is 705. The zero-order valence-electron chi connectivity index (χ0n) is 13.9. The quantitative estimate of drug-likeness (QED) is 0.890. The minimum absolute atomic E-state index is 0.0470. The van der Waals surface area contributed by atoms with E-state index in [4.69, 9.17) is 16.0 Å². The van der Waals surface area contributed by atoms with Gasteiger partial charge in [0.05, 0.1) is 6.26 Å². The van der Waals surface area contributed by atoms with Crippen LogP contribution in [-0.4, -0.2) is 35.8 Å². The summed E-state index contributed by atoms with van der Waals surface area (Å²) in [6.45, 7) is 1.25. The minimum Gasteiger partial charge on any atom is -0.459 e. The van der Waals surface area contributed by atoms with Gasteiger partial charge >= 0.3 is 0 Å². The molecule has 1 aromatic heterocycles. The number of nitrogens with one attached hydrogen (secondary N) is 1. The highest BCUT2D eigenvalue weighted by atomic mass is 35.5. The van der Waals surface area contributed by atoms with E-state index in [1.165, 1.54) is 6.26 Å². The smallest absolute Gasteiger partial charge is 0.289 e. The Labute approximate surface area is 151 Å². The van der Waals surface area contributed by atoms with Crippen molar-refractivity contribution >= 4 is 23.4 Å². The summed E-state index contributed by atoms with van der Waals surface area (Å²) >= 11 is 5.86. The molecule has 2 aromatic rings. The maximum atomic E-state index is 12.2. The lowest BCUT2D eigenvalue weighted by molar-refractivity contribution is -0.122. The van der Waals surface area contributed by atoms with E-state index >= 15 is 0 Å². The molecule has 1 fully saturated rings. The van der Waals surface area contributed by atoms with Crippen molar-refractivity contribution in [3.05, 3.63) is 59.0 Å². The highest BCUT2D eigenvalue weighted by molar-refractivity contribution is 6.30. The normalized spacial score (nSPS) is 15.2. The molecule has 6 heteroatoms. The van der Waals surface area contributed by atoms with Gasteiger partial charge in [0, 0.05) is 30.6 Å². The second-order valence-corrected chi connectivity index (χ2v) is 6.67. The summed E-state index contributed by atoms with van der Waals surface area (Å²) in [5.41, 5.74) is 1.10. The van der Waals surface area contributed by atoms with Gasteiger partial charge in [0.1, 0.15) is 0 Å². The van der Waals surface area contributed by atoms with E-state index in [9.17, 15) is 9.59 Å². The molecule has 2 heterocycles. The standard InChI is InChI=1S/C19H21ClN2O3/c20-15-6-3-14(4-7-15)5-8-18(23)21-16-9-11-22(12-10-16)19(24)17-2-1-13-25-17/h1-4,6-7,13,16H,5,8-12H2,(H,21,23). The van der Waals surface area contributed by atoms with Crippen molar-refractivity contribution in [3.8, 4) is 0 Å². The molecule has 0 saturated carbocycles. The third-order valence-electron chi connectivity index (χ3n) is 4.43. The Morgan fingerprint density at radius 3 is 2.52 bits per heavy atom. The number of benzene rings is 1. The summed E-state index contributed by atoms with van der Waals surface area (Å²) < 4.78 is 5.15. The molecule has 1 aliphatic heterocycles. The number of aryl methyl sites for hydroxylation is 1. The highest BCUT2D eigenvalue weighted by Gasteiger charge is 2.25. The molecule has 5 nitrogen and oxygen atoms in total. The average molecular weight is 361 g/mol. The molecule has 2 amide bonds. The minimum atomic E-state index is -0.0856. The first-order valence-electron chi connectivity index (χ1n) is 8.48.